The molecule has 0 amide bonds. The first-order chi connectivity index (χ1) is 10.0. The fourth-order valence-electron chi connectivity index (χ4n) is 1.81. The third-order valence-corrected chi connectivity index (χ3v) is 4.28. The number of aromatic nitrogens is 2. The standard InChI is InChI=1S/C14H16BrN3O2S/c1-8-4-13(16)18-14(17-8)21-7-9-5-12(20-3)10(15)6-11(9)19-2/h4-6H,7H2,1-3H3,(H2,16,17,18). The Morgan fingerprint density at radius 3 is 2.48 bits per heavy atom. The van der Waals surface area contributed by atoms with E-state index in [4.69, 9.17) is 15.2 Å². The van der Waals surface area contributed by atoms with Gasteiger partial charge in [-0.15, -0.1) is 0 Å². The molecule has 2 rings (SSSR count). The summed E-state index contributed by atoms with van der Waals surface area (Å²) in [5.41, 5.74) is 7.59. The monoisotopic (exact) mass is 369 g/mol. The summed E-state index contributed by atoms with van der Waals surface area (Å²) < 4.78 is 11.6. The summed E-state index contributed by atoms with van der Waals surface area (Å²) in [5.74, 6) is 2.69. The summed E-state index contributed by atoms with van der Waals surface area (Å²) in [5, 5.41) is 0.649. The SMILES string of the molecule is COc1cc(CSc2nc(C)cc(N)n2)c(OC)cc1Br. The Labute approximate surface area is 136 Å². The number of hydrogen-bond acceptors (Lipinski definition) is 6. The van der Waals surface area contributed by atoms with E-state index < -0.39 is 0 Å². The van der Waals surface area contributed by atoms with Crippen LogP contribution in [0.2, 0.25) is 0 Å². The predicted molar refractivity (Wildman–Crippen MR) is 88.0 cm³/mol. The second-order valence-electron chi connectivity index (χ2n) is 4.30. The molecule has 0 atom stereocenters. The smallest absolute Gasteiger partial charge is 0.190 e. The van der Waals surface area contributed by atoms with Gasteiger partial charge in [0.1, 0.15) is 17.3 Å². The zero-order valence-corrected chi connectivity index (χ0v) is 14.4. The molecule has 1 aromatic carbocycles. The Morgan fingerprint density at radius 1 is 1.14 bits per heavy atom. The van der Waals surface area contributed by atoms with Crippen molar-refractivity contribution in [3.05, 3.63) is 33.9 Å². The van der Waals surface area contributed by atoms with E-state index in [9.17, 15) is 0 Å². The molecule has 7 heteroatoms. The van der Waals surface area contributed by atoms with E-state index in [1.807, 2.05) is 19.1 Å². The minimum absolute atomic E-state index is 0.477. The summed E-state index contributed by atoms with van der Waals surface area (Å²) in [6.07, 6.45) is 0. The number of nitrogens with two attached hydrogens (primary N) is 1. The van der Waals surface area contributed by atoms with Gasteiger partial charge in [0.2, 0.25) is 0 Å². The van der Waals surface area contributed by atoms with Crippen molar-refractivity contribution < 1.29 is 9.47 Å². The van der Waals surface area contributed by atoms with E-state index in [0.29, 0.717) is 16.7 Å². The molecule has 0 bridgehead atoms. The van der Waals surface area contributed by atoms with Gasteiger partial charge in [-0.2, -0.15) is 0 Å². The lowest BCUT2D eigenvalue weighted by Gasteiger charge is -2.12. The highest BCUT2D eigenvalue weighted by Crippen LogP contribution is 2.35. The molecule has 0 saturated heterocycles. The van der Waals surface area contributed by atoms with E-state index in [-0.39, 0.29) is 0 Å². The molecule has 112 valence electrons. The Bertz CT molecular complexity index is 632. The third kappa shape index (κ3) is 4.01. The summed E-state index contributed by atoms with van der Waals surface area (Å²) in [7, 11) is 3.28. The van der Waals surface area contributed by atoms with Crippen LogP contribution < -0.4 is 15.2 Å². The molecule has 1 aromatic heterocycles. The lowest BCUT2D eigenvalue weighted by atomic mass is 10.2. The molecule has 0 aliphatic rings. The van der Waals surface area contributed by atoms with Crippen molar-refractivity contribution in [2.45, 2.75) is 17.8 Å². The van der Waals surface area contributed by atoms with Gasteiger partial charge in [0.25, 0.3) is 0 Å². The average molecular weight is 370 g/mol. The van der Waals surface area contributed by atoms with E-state index in [1.54, 1.807) is 20.3 Å². The fraction of sp³-hybridized carbons (Fsp3) is 0.286. The van der Waals surface area contributed by atoms with Gasteiger partial charge in [-0.1, -0.05) is 11.8 Å². The van der Waals surface area contributed by atoms with Crippen molar-refractivity contribution >= 4 is 33.5 Å². The van der Waals surface area contributed by atoms with Crippen LogP contribution in [-0.4, -0.2) is 24.2 Å². The molecule has 0 fully saturated rings. The van der Waals surface area contributed by atoms with Crippen LogP contribution in [0.25, 0.3) is 0 Å². The predicted octanol–water partition coefficient (Wildman–Crippen LogP) is 3.44. The van der Waals surface area contributed by atoms with Gasteiger partial charge in [-0.05, 0) is 35.0 Å². The van der Waals surface area contributed by atoms with Crippen LogP contribution >= 0.6 is 27.7 Å². The number of nitrogen functional groups attached to an aromatic ring is 1. The van der Waals surface area contributed by atoms with Gasteiger partial charge in [-0.3, -0.25) is 0 Å². The van der Waals surface area contributed by atoms with E-state index in [2.05, 4.69) is 25.9 Å². The number of anilines is 1. The quantitative estimate of drug-likeness (QED) is 0.642. The lowest BCUT2D eigenvalue weighted by Crippen LogP contribution is -1.98. The molecular weight excluding hydrogens is 354 g/mol. The number of ether oxygens (including phenoxy) is 2. The highest BCUT2D eigenvalue weighted by atomic mass is 79.9. The molecule has 21 heavy (non-hydrogen) atoms. The van der Waals surface area contributed by atoms with Gasteiger partial charge < -0.3 is 15.2 Å². The van der Waals surface area contributed by atoms with Gasteiger partial charge in [-0.25, -0.2) is 9.97 Å². The second kappa shape index (κ2) is 7.00. The van der Waals surface area contributed by atoms with Crippen molar-refractivity contribution in [2.24, 2.45) is 0 Å². The maximum atomic E-state index is 5.73. The number of benzene rings is 1. The first-order valence-electron chi connectivity index (χ1n) is 6.18. The maximum absolute atomic E-state index is 5.73. The first kappa shape index (κ1) is 15.9. The second-order valence-corrected chi connectivity index (χ2v) is 6.10. The number of methoxy groups -OCH3 is 2. The van der Waals surface area contributed by atoms with Gasteiger partial charge in [0.05, 0.1) is 18.7 Å². The van der Waals surface area contributed by atoms with Crippen LogP contribution in [0.5, 0.6) is 11.5 Å². The van der Waals surface area contributed by atoms with E-state index >= 15 is 0 Å². The summed E-state index contributed by atoms with van der Waals surface area (Å²) in [4.78, 5) is 8.57. The van der Waals surface area contributed by atoms with Crippen molar-refractivity contribution in [2.75, 3.05) is 20.0 Å². The highest BCUT2D eigenvalue weighted by molar-refractivity contribution is 9.10. The van der Waals surface area contributed by atoms with Crippen LogP contribution in [0, 0.1) is 6.92 Å². The number of thioether (sulfide) groups is 1. The zero-order valence-electron chi connectivity index (χ0n) is 12.0. The topological polar surface area (TPSA) is 70.3 Å². The minimum atomic E-state index is 0.477. The van der Waals surface area contributed by atoms with Crippen molar-refractivity contribution in [3.8, 4) is 11.5 Å². The maximum Gasteiger partial charge on any atom is 0.190 e. The molecule has 0 aliphatic carbocycles. The molecule has 0 spiro atoms. The third-order valence-electron chi connectivity index (χ3n) is 2.77. The van der Waals surface area contributed by atoms with Crippen molar-refractivity contribution in [1.29, 1.82) is 0 Å². The zero-order chi connectivity index (χ0) is 15.4. The Morgan fingerprint density at radius 2 is 1.86 bits per heavy atom. The number of aryl methyl sites for hydroxylation is 1. The molecule has 0 aliphatic heterocycles. The van der Waals surface area contributed by atoms with Crippen LogP contribution in [0.15, 0.2) is 27.8 Å². The molecule has 0 radical (unpaired) electrons. The molecule has 2 N–H and O–H groups in total. The summed E-state index contributed by atoms with van der Waals surface area (Å²) in [6.45, 7) is 1.89. The number of halogens is 1. The van der Waals surface area contributed by atoms with Crippen LogP contribution in [0.4, 0.5) is 5.82 Å². The summed E-state index contributed by atoms with van der Waals surface area (Å²) in [6, 6.07) is 5.57. The molecule has 5 nitrogen and oxygen atoms in total. The van der Waals surface area contributed by atoms with E-state index in [0.717, 1.165) is 27.2 Å². The minimum Gasteiger partial charge on any atom is -0.496 e. The molecule has 1 heterocycles. The van der Waals surface area contributed by atoms with Crippen LogP contribution in [-0.2, 0) is 5.75 Å². The molecule has 2 aromatic rings. The fourth-order valence-corrected chi connectivity index (χ4v) is 3.18. The Hall–Kier alpha value is -1.47. The number of hydrogen-bond donors (Lipinski definition) is 1. The largest absolute Gasteiger partial charge is 0.496 e. The Kier molecular flexibility index (Phi) is 5.30. The van der Waals surface area contributed by atoms with Crippen LogP contribution in [0.1, 0.15) is 11.3 Å². The van der Waals surface area contributed by atoms with Gasteiger partial charge in [0.15, 0.2) is 5.16 Å². The lowest BCUT2D eigenvalue weighted by molar-refractivity contribution is 0.398. The van der Waals surface area contributed by atoms with Gasteiger partial charge >= 0.3 is 0 Å². The number of nitrogens with zero attached hydrogens (tertiary/aromatic N) is 2. The molecule has 0 unspecified atom stereocenters. The average Bonchev–Trinajstić information content (AvgIpc) is 2.44. The van der Waals surface area contributed by atoms with Crippen LogP contribution in [0.3, 0.4) is 0 Å². The molecular formula is C14H16BrN3O2S. The van der Waals surface area contributed by atoms with Crippen molar-refractivity contribution in [3.63, 3.8) is 0 Å². The van der Waals surface area contributed by atoms with E-state index in [1.165, 1.54) is 11.8 Å². The summed E-state index contributed by atoms with van der Waals surface area (Å²) >= 11 is 4.95. The van der Waals surface area contributed by atoms with Gasteiger partial charge in [0, 0.05) is 23.1 Å². The highest BCUT2D eigenvalue weighted by Gasteiger charge is 2.11. The molecule has 0 saturated carbocycles. The van der Waals surface area contributed by atoms with Crippen molar-refractivity contribution in [1.82, 2.24) is 9.97 Å². The Balaban J connectivity index is 2.22. The normalized spacial score (nSPS) is 10.5. The number of rotatable bonds is 5. The first-order valence-corrected chi connectivity index (χ1v) is 7.95.